The van der Waals surface area contributed by atoms with Crippen LogP contribution >= 0.6 is 11.3 Å². The third-order valence-electron chi connectivity index (χ3n) is 4.27. The molecule has 0 bridgehead atoms. The van der Waals surface area contributed by atoms with Crippen molar-refractivity contribution in [3.05, 3.63) is 46.0 Å². The Balaban J connectivity index is 1.35. The van der Waals surface area contributed by atoms with E-state index < -0.39 is 0 Å². The predicted octanol–water partition coefficient (Wildman–Crippen LogP) is 3.76. The number of nitrogens with zero attached hydrogens (tertiary/aromatic N) is 1. The quantitative estimate of drug-likeness (QED) is 0.805. The van der Waals surface area contributed by atoms with E-state index in [-0.39, 0.29) is 0 Å². The fraction of sp³-hybridized carbons (Fsp3) is 0.529. The van der Waals surface area contributed by atoms with Crippen LogP contribution in [-0.2, 0) is 19.6 Å². The van der Waals surface area contributed by atoms with Crippen LogP contribution in [0, 0.1) is 0 Å². The van der Waals surface area contributed by atoms with Crippen molar-refractivity contribution in [3.8, 4) is 0 Å². The molecule has 4 rings (SSSR count). The maximum Gasteiger partial charge on any atom is 0.118 e. The van der Waals surface area contributed by atoms with Gasteiger partial charge in [-0.05, 0) is 54.1 Å². The van der Waals surface area contributed by atoms with Crippen molar-refractivity contribution in [3.63, 3.8) is 0 Å². The maximum absolute atomic E-state index is 5.77. The average molecular weight is 302 g/mol. The zero-order valence-electron chi connectivity index (χ0n) is 12.3. The van der Waals surface area contributed by atoms with Crippen LogP contribution in [-0.4, -0.2) is 17.0 Å². The van der Waals surface area contributed by atoms with Crippen LogP contribution < -0.4 is 5.32 Å². The first-order chi connectivity index (χ1) is 10.4. The standard InChI is InChI=1S/C17H22N2OS/c1-2-15(1)18-8-14-7-17(20-11-14)10-19(16-3-4-16)9-13-5-6-21-12-13/h5-7,11-12,15-16,18H,1-4,8-10H2. The van der Waals surface area contributed by atoms with E-state index in [9.17, 15) is 0 Å². The minimum Gasteiger partial charge on any atom is -0.468 e. The van der Waals surface area contributed by atoms with Gasteiger partial charge in [0.25, 0.3) is 0 Å². The summed E-state index contributed by atoms with van der Waals surface area (Å²) in [4.78, 5) is 2.55. The van der Waals surface area contributed by atoms with Crippen LogP contribution in [0.25, 0.3) is 0 Å². The molecule has 2 aromatic rings. The molecule has 0 spiro atoms. The molecular weight excluding hydrogens is 280 g/mol. The van der Waals surface area contributed by atoms with Crippen LogP contribution in [0.2, 0.25) is 0 Å². The highest BCUT2D eigenvalue weighted by Gasteiger charge is 2.29. The number of hydrogen-bond acceptors (Lipinski definition) is 4. The monoisotopic (exact) mass is 302 g/mol. The zero-order chi connectivity index (χ0) is 14.1. The second-order valence-corrected chi connectivity index (χ2v) is 7.12. The van der Waals surface area contributed by atoms with Gasteiger partial charge in [0.1, 0.15) is 5.76 Å². The van der Waals surface area contributed by atoms with Gasteiger partial charge in [0.15, 0.2) is 0 Å². The third kappa shape index (κ3) is 3.76. The van der Waals surface area contributed by atoms with Crippen molar-refractivity contribution in [2.45, 2.75) is 57.4 Å². The molecule has 3 nitrogen and oxygen atoms in total. The van der Waals surface area contributed by atoms with E-state index in [0.29, 0.717) is 0 Å². The lowest BCUT2D eigenvalue weighted by molar-refractivity contribution is 0.225. The minimum absolute atomic E-state index is 0.753. The van der Waals surface area contributed by atoms with E-state index in [2.05, 4.69) is 33.1 Å². The van der Waals surface area contributed by atoms with Crippen LogP contribution in [0.3, 0.4) is 0 Å². The van der Waals surface area contributed by atoms with Gasteiger partial charge >= 0.3 is 0 Å². The van der Waals surface area contributed by atoms with E-state index >= 15 is 0 Å². The normalized spacial score (nSPS) is 18.5. The highest BCUT2D eigenvalue weighted by atomic mass is 32.1. The summed E-state index contributed by atoms with van der Waals surface area (Å²) in [7, 11) is 0. The lowest BCUT2D eigenvalue weighted by Crippen LogP contribution is -2.24. The van der Waals surface area contributed by atoms with Gasteiger partial charge in [-0.1, -0.05) is 0 Å². The van der Waals surface area contributed by atoms with Crippen molar-refractivity contribution < 1.29 is 4.42 Å². The van der Waals surface area contributed by atoms with Gasteiger partial charge in [-0.3, -0.25) is 4.90 Å². The topological polar surface area (TPSA) is 28.4 Å². The molecule has 4 heteroatoms. The van der Waals surface area contributed by atoms with Gasteiger partial charge in [0.2, 0.25) is 0 Å². The molecule has 2 aliphatic carbocycles. The zero-order valence-corrected chi connectivity index (χ0v) is 13.1. The molecule has 0 saturated heterocycles. The Morgan fingerprint density at radius 2 is 2.10 bits per heavy atom. The molecule has 0 unspecified atom stereocenters. The van der Waals surface area contributed by atoms with Crippen LogP contribution in [0.4, 0.5) is 0 Å². The second kappa shape index (κ2) is 5.95. The average Bonchev–Trinajstić information content (AvgIpc) is 3.41. The highest BCUT2D eigenvalue weighted by molar-refractivity contribution is 7.07. The lowest BCUT2D eigenvalue weighted by atomic mass is 10.2. The molecule has 0 aliphatic heterocycles. The Kier molecular flexibility index (Phi) is 3.84. The maximum atomic E-state index is 5.77. The first-order valence-electron chi connectivity index (χ1n) is 7.91. The smallest absolute Gasteiger partial charge is 0.118 e. The second-order valence-electron chi connectivity index (χ2n) is 6.34. The first kappa shape index (κ1) is 13.6. The molecule has 1 N–H and O–H groups in total. The Morgan fingerprint density at radius 3 is 2.81 bits per heavy atom. The molecule has 0 amide bonds. The number of furan rings is 1. The van der Waals surface area contributed by atoms with E-state index in [4.69, 9.17) is 4.42 Å². The van der Waals surface area contributed by atoms with Gasteiger partial charge < -0.3 is 9.73 Å². The molecule has 0 aromatic carbocycles. The summed E-state index contributed by atoms with van der Waals surface area (Å²) >= 11 is 1.78. The lowest BCUT2D eigenvalue weighted by Gasteiger charge is -2.20. The van der Waals surface area contributed by atoms with Gasteiger partial charge in [-0.15, -0.1) is 0 Å². The summed E-state index contributed by atoms with van der Waals surface area (Å²) in [6.45, 7) is 2.93. The van der Waals surface area contributed by atoms with E-state index in [1.807, 2.05) is 6.26 Å². The summed E-state index contributed by atoms with van der Waals surface area (Å²) in [5, 5.41) is 7.95. The predicted molar refractivity (Wildman–Crippen MR) is 85.2 cm³/mol. The minimum atomic E-state index is 0.753. The molecule has 2 aliphatic rings. The molecule has 2 fully saturated rings. The SMILES string of the molecule is c1cc(CN(Cc2cc(CNC3CC3)co2)C2CC2)cs1. The molecule has 2 aromatic heterocycles. The van der Waals surface area contributed by atoms with Crippen molar-refractivity contribution >= 4 is 11.3 Å². The van der Waals surface area contributed by atoms with Gasteiger partial charge in [-0.25, -0.2) is 0 Å². The summed E-state index contributed by atoms with van der Waals surface area (Å²) in [5.41, 5.74) is 2.71. The van der Waals surface area contributed by atoms with Crippen molar-refractivity contribution in [2.24, 2.45) is 0 Å². The number of thiophene rings is 1. The van der Waals surface area contributed by atoms with Crippen LogP contribution in [0.5, 0.6) is 0 Å². The molecule has 112 valence electrons. The Labute approximate surface area is 130 Å². The fourth-order valence-corrected chi connectivity index (χ4v) is 3.38. The number of hydrogen-bond donors (Lipinski definition) is 1. The number of rotatable bonds is 8. The Hall–Kier alpha value is -1.10. The molecule has 0 radical (unpaired) electrons. The van der Waals surface area contributed by atoms with Crippen molar-refractivity contribution in [1.29, 1.82) is 0 Å². The van der Waals surface area contributed by atoms with E-state index in [1.165, 1.54) is 36.8 Å². The van der Waals surface area contributed by atoms with Gasteiger partial charge in [0.05, 0.1) is 12.8 Å². The largest absolute Gasteiger partial charge is 0.468 e. The fourth-order valence-electron chi connectivity index (χ4n) is 2.72. The van der Waals surface area contributed by atoms with Crippen LogP contribution in [0.1, 0.15) is 42.6 Å². The van der Waals surface area contributed by atoms with E-state index in [0.717, 1.165) is 37.5 Å². The molecule has 2 heterocycles. The van der Waals surface area contributed by atoms with Crippen molar-refractivity contribution in [1.82, 2.24) is 10.2 Å². The Morgan fingerprint density at radius 1 is 1.19 bits per heavy atom. The van der Waals surface area contributed by atoms with Crippen LogP contribution in [0.15, 0.2) is 33.6 Å². The van der Waals surface area contributed by atoms with E-state index in [1.54, 1.807) is 11.3 Å². The molecule has 21 heavy (non-hydrogen) atoms. The van der Waals surface area contributed by atoms with Gasteiger partial charge in [0, 0.05) is 30.7 Å². The summed E-state index contributed by atoms with van der Waals surface area (Å²) in [5.74, 6) is 1.10. The third-order valence-corrected chi connectivity index (χ3v) is 5.00. The summed E-state index contributed by atoms with van der Waals surface area (Å²) in [6, 6.07) is 5.96. The van der Waals surface area contributed by atoms with Gasteiger partial charge in [-0.2, -0.15) is 11.3 Å². The number of nitrogens with one attached hydrogen (secondary N) is 1. The summed E-state index contributed by atoms with van der Waals surface area (Å²) in [6.07, 6.45) is 7.25. The van der Waals surface area contributed by atoms with Crippen molar-refractivity contribution in [2.75, 3.05) is 0 Å². The summed E-state index contributed by atoms with van der Waals surface area (Å²) < 4.78 is 5.77. The first-order valence-corrected chi connectivity index (χ1v) is 8.86. The molecule has 2 saturated carbocycles. The molecular formula is C17H22N2OS. The molecule has 0 atom stereocenters. The highest BCUT2D eigenvalue weighted by Crippen LogP contribution is 2.30. The Bertz CT molecular complexity index is 569.